The van der Waals surface area contributed by atoms with Crippen molar-refractivity contribution in [2.75, 3.05) is 5.73 Å². The van der Waals surface area contributed by atoms with Crippen LogP contribution in [0.25, 0.3) is 0 Å². The average Bonchev–Trinajstić information content (AvgIpc) is 2.14. The molecule has 0 aliphatic rings. The Balaban J connectivity index is 2.84. The highest BCUT2D eigenvalue weighted by Crippen LogP contribution is 1.99. The Labute approximate surface area is 47.7 Å². The molecular weight excluding hydrogens is 102 g/mol. The minimum absolute atomic E-state index is 0.525. The number of hydrogen-bond acceptors (Lipinski definition) is 2. The normalized spacial score (nSPS) is 9.62. The second-order valence-corrected chi connectivity index (χ2v) is 1.64. The summed E-state index contributed by atoms with van der Waals surface area (Å²) in [6, 6.07) is 3.66. The van der Waals surface area contributed by atoms with Gasteiger partial charge < -0.3 is 16.5 Å². The minimum Gasteiger partial charge on any atom is -0.385 e. The molecule has 0 bridgehead atoms. The van der Waals surface area contributed by atoms with Crippen LogP contribution < -0.4 is 11.5 Å². The number of nitrogens with two attached hydrogens (primary N) is 2. The molecule has 1 aromatic heterocycles. The van der Waals surface area contributed by atoms with Crippen LogP contribution in [0.4, 0.5) is 5.82 Å². The van der Waals surface area contributed by atoms with Gasteiger partial charge in [0.15, 0.2) is 0 Å². The SMILES string of the molecule is NCc1ccc(N)[nH]1. The lowest BCUT2D eigenvalue weighted by Gasteiger charge is -1.85. The van der Waals surface area contributed by atoms with Crippen molar-refractivity contribution in [2.24, 2.45) is 5.73 Å². The van der Waals surface area contributed by atoms with Crippen molar-refractivity contribution in [3.05, 3.63) is 17.8 Å². The van der Waals surface area contributed by atoms with E-state index < -0.39 is 0 Å². The Bertz CT molecular complexity index is 168. The summed E-state index contributed by atoms with van der Waals surface area (Å²) in [5.41, 5.74) is 11.6. The second-order valence-electron chi connectivity index (χ2n) is 1.64. The lowest BCUT2D eigenvalue weighted by molar-refractivity contribution is 1.01. The van der Waals surface area contributed by atoms with Crippen molar-refractivity contribution in [2.45, 2.75) is 6.54 Å². The maximum absolute atomic E-state index is 5.34. The van der Waals surface area contributed by atoms with Crippen LogP contribution in [0, 0.1) is 0 Å². The standard InChI is InChI=1S/C5H9N3/c6-3-4-1-2-5(7)8-4/h1-2,8H,3,6-7H2. The first-order valence-electron chi connectivity index (χ1n) is 2.46. The zero-order valence-electron chi connectivity index (χ0n) is 4.52. The summed E-state index contributed by atoms with van der Waals surface area (Å²) < 4.78 is 0. The van der Waals surface area contributed by atoms with Gasteiger partial charge in [0.25, 0.3) is 0 Å². The number of rotatable bonds is 1. The predicted octanol–water partition coefficient (Wildman–Crippen LogP) is 0.0556. The number of anilines is 1. The Morgan fingerprint density at radius 3 is 2.50 bits per heavy atom. The maximum Gasteiger partial charge on any atom is 0.100 e. The molecule has 0 fully saturated rings. The Morgan fingerprint density at radius 2 is 2.25 bits per heavy atom. The summed E-state index contributed by atoms with van der Waals surface area (Å²) in [5.74, 6) is 0.672. The van der Waals surface area contributed by atoms with Crippen LogP contribution in [0.1, 0.15) is 5.69 Å². The average molecular weight is 111 g/mol. The number of aromatic amines is 1. The first-order valence-corrected chi connectivity index (χ1v) is 2.46. The molecule has 5 N–H and O–H groups in total. The number of nitrogens with one attached hydrogen (secondary N) is 1. The molecule has 0 unspecified atom stereocenters. The molecule has 0 saturated carbocycles. The molecule has 0 radical (unpaired) electrons. The molecule has 0 aromatic carbocycles. The molecule has 3 heteroatoms. The highest BCUT2D eigenvalue weighted by atomic mass is 14.9. The van der Waals surface area contributed by atoms with Gasteiger partial charge in [0, 0.05) is 12.2 Å². The smallest absolute Gasteiger partial charge is 0.100 e. The molecule has 1 aromatic rings. The molecule has 44 valence electrons. The van der Waals surface area contributed by atoms with Crippen LogP contribution in [0.3, 0.4) is 0 Å². The van der Waals surface area contributed by atoms with Gasteiger partial charge in [0.1, 0.15) is 5.82 Å². The van der Waals surface area contributed by atoms with Crippen molar-refractivity contribution in [3.63, 3.8) is 0 Å². The molecule has 8 heavy (non-hydrogen) atoms. The molecular formula is C5H9N3. The molecule has 0 amide bonds. The van der Waals surface area contributed by atoms with Crippen molar-refractivity contribution >= 4 is 5.82 Å². The van der Waals surface area contributed by atoms with Gasteiger partial charge in [-0.1, -0.05) is 0 Å². The summed E-state index contributed by atoms with van der Waals surface area (Å²) in [6.07, 6.45) is 0. The molecule has 0 saturated heterocycles. The topological polar surface area (TPSA) is 67.8 Å². The molecule has 1 heterocycles. The van der Waals surface area contributed by atoms with E-state index in [0.29, 0.717) is 12.4 Å². The van der Waals surface area contributed by atoms with E-state index in [-0.39, 0.29) is 0 Å². The van der Waals surface area contributed by atoms with Gasteiger partial charge in [-0.3, -0.25) is 0 Å². The van der Waals surface area contributed by atoms with E-state index in [4.69, 9.17) is 11.5 Å². The molecule has 1 rings (SSSR count). The third-order valence-electron chi connectivity index (χ3n) is 0.989. The largest absolute Gasteiger partial charge is 0.385 e. The molecule has 3 nitrogen and oxygen atoms in total. The maximum atomic E-state index is 5.34. The predicted molar refractivity (Wildman–Crippen MR) is 33.1 cm³/mol. The molecule has 0 spiro atoms. The number of hydrogen-bond donors (Lipinski definition) is 3. The second kappa shape index (κ2) is 1.88. The van der Waals surface area contributed by atoms with Gasteiger partial charge in [-0.15, -0.1) is 0 Å². The zero-order chi connectivity index (χ0) is 5.98. The fourth-order valence-corrected chi connectivity index (χ4v) is 0.578. The zero-order valence-corrected chi connectivity index (χ0v) is 4.52. The summed E-state index contributed by atoms with van der Waals surface area (Å²) in [7, 11) is 0. The van der Waals surface area contributed by atoms with Gasteiger partial charge in [-0.2, -0.15) is 0 Å². The summed E-state index contributed by atoms with van der Waals surface area (Å²) in [4.78, 5) is 2.88. The fourth-order valence-electron chi connectivity index (χ4n) is 0.578. The van der Waals surface area contributed by atoms with Gasteiger partial charge >= 0.3 is 0 Å². The van der Waals surface area contributed by atoms with Crippen LogP contribution >= 0.6 is 0 Å². The van der Waals surface area contributed by atoms with E-state index in [0.717, 1.165) is 5.69 Å². The van der Waals surface area contributed by atoms with E-state index in [1.165, 1.54) is 0 Å². The Morgan fingerprint density at radius 1 is 1.50 bits per heavy atom. The van der Waals surface area contributed by atoms with Crippen LogP contribution in [0.5, 0.6) is 0 Å². The van der Waals surface area contributed by atoms with Crippen LogP contribution in [-0.4, -0.2) is 4.98 Å². The number of H-pyrrole nitrogens is 1. The first-order chi connectivity index (χ1) is 3.83. The highest BCUT2D eigenvalue weighted by Gasteiger charge is 1.88. The van der Waals surface area contributed by atoms with E-state index in [2.05, 4.69) is 4.98 Å². The lowest BCUT2D eigenvalue weighted by Crippen LogP contribution is -1.96. The summed E-state index contributed by atoms with van der Waals surface area (Å²) in [6.45, 7) is 0.525. The monoisotopic (exact) mass is 111 g/mol. The van der Waals surface area contributed by atoms with Gasteiger partial charge in [0.05, 0.1) is 0 Å². The van der Waals surface area contributed by atoms with E-state index in [1.807, 2.05) is 6.07 Å². The molecule has 0 aliphatic heterocycles. The molecule has 0 atom stereocenters. The fraction of sp³-hybridized carbons (Fsp3) is 0.200. The van der Waals surface area contributed by atoms with Crippen LogP contribution in [0.2, 0.25) is 0 Å². The number of aromatic nitrogens is 1. The van der Waals surface area contributed by atoms with Crippen LogP contribution in [-0.2, 0) is 6.54 Å². The van der Waals surface area contributed by atoms with Gasteiger partial charge in [0.2, 0.25) is 0 Å². The van der Waals surface area contributed by atoms with E-state index in [9.17, 15) is 0 Å². The quantitative estimate of drug-likeness (QED) is 0.479. The minimum atomic E-state index is 0.525. The van der Waals surface area contributed by atoms with Crippen molar-refractivity contribution in [1.29, 1.82) is 0 Å². The van der Waals surface area contributed by atoms with Gasteiger partial charge in [-0.25, -0.2) is 0 Å². The van der Waals surface area contributed by atoms with E-state index >= 15 is 0 Å². The third-order valence-corrected chi connectivity index (χ3v) is 0.989. The van der Waals surface area contributed by atoms with Crippen molar-refractivity contribution in [1.82, 2.24) is 4.98 Å². The van der Waals surface area contributed by atoms with Crippen molar-refractivity contribution < 1.29 is 0 Å². The van der Waals surface area contributed by atoms with E-state index in [1.54, 1.807) is 6.07 Å². The highest BCUT2D eigenvalue weighted by molar-refractivity contribution is 5.30. The van der Waals surface area contributed by atoms with Crippen LogP contribution in [0.15, 0.2) is 12.1 Å². The van der Waals surface area contributed by atoms with Crippen molar-refractivity contribution in [3.8, 4) is 0 Å². The Kier molecular flexibility index (Phi) is 1.22. The molecule has 0 aliphatic carbocycles. The number of nitrogen functional groups attached to an aromatic ring is 1. The lowest BCUT2D eigenvalue weighted by atomic mass is 10.4. The summed E-state index contributed by atoms with van der Waals surface area (Å²) in [5, 5.41) is 0. The van der Waals surface area contributed by atoms with Gasteiger partial charge in [-0.05, 0) is 12.1 Å². The summed E-state index contributed by atoms with van der Waals surface area (Å²) >= 11 is 0. The third kappa shape index (κ3) is 0.816. The first kappa shape index (κ1) is 5.18. The Hall–Kier alpha value is -0.960.